The number of rotatable bonds is 3. The van der Waals surface area contributed by atoms with Gasteiger partial charge in [0, 0.05) is 12.1 Å². The second-order valence-corrected chi connectivity index (χ2v) is 5.17. The van der Waals surface area contributed by atoms with Gasteiger partial charge < -0.3 is 14.8 Å². The van der Waals surface area contributed by atoms with Gasteiger partial charge in [0.25, 0.3) is 5.91 Å². The maximum absolute atomic E-state index is 12.2. The highest BCUT2D eigenvalue weighted by Crippen LogP contribution is 2.32. The molecule has 1 heterocycles. The smallest absolute Gasteiger partial charge is 0.251 e. The lowest BCUT2D eigenvalue weighted by Crippen LogP contribution is -2.22. The average Bonchev–Trinajstić information content (AvgIpc) is 2.95. The zero-order valence-corrected chi connectivity index (χ0v) is 12.1. The van der Waals surface area contributed by atoms with Gasteiger partial charge in [0.05, 0.1) is 0 Å². The molecule has 2 aromatic carbocycles. The first-order valence-electron chi connectivity index (χ1n) is 6.87. The van der Waals surface area contributed by atoms with Gasteiger partial charge in [-0.05, 0) is 48.7 Å². The summed E-state index contributed by atoms with van der Waals surface area (Å²) < 4.78 is 10.5. The molecule has 0 fully saturated rings. The molecule has 108 valence electrons. The van der Waals surface area contributed by atoms with Gasteiger partial charge in [-0.3, -0.25) is 4.79 Å². The molecule has 0 saturated heterocycles. The van der Waals surface area contributed by atoms with Gasteiger partial charge >= 0.3 is 0 Å². The Kier molecular flexibility index (Phi) is 3.52. The molecule has 21 heavy (non-hydrogen) atoms. The molecule has 0 bridgehead atoms. The number of hydrogen-bond donors (Lipinski definition) is 1. The number of ether oxygens (including phenoxy) is 2. The fourth-order valence-corrected chi connectivity index (χ4v) is 2.24. The number of benzene rings is 2. The molecular formula is C17H17NO3. The van der Waals surface area contributed by atoms with E-state index in [4.69, 9.17) is 9.47 Å². The second kappa shape index (κ2) is 5.48. The highest BCUT2D eigenvalue weighted by atomic mass is 16.7. The fourth-order valence-electron chi connectivity index (χ4n) is 2.24. The molecule has 0 radical (unpaired) electrons. The van der Waals surface area contributed by atoms with Gasteiger partial charge in [-0.2, -0.15) is 0 Å². The molecule has 2 aromatic rings. The number of aryl methyl sites for hydroxylation is 2. The molecular weight excluding hydrogens is 266 g/mol. The van der Waals surface area contributed by atoms with Crippen LogP contribution in [0, 0.1) is 13.8 Å². The normalized spacial score (nSPS) is 12.3. The van der Waals surface area contributed by atoms with Crippen LogP contribution in [0.4, 0.5) is 0 Å². The van der Waals surface area contributed by atoms with Crippen LogP contribution in [-0.2, 0) is 6.54 Å². The van der Waals surface area contributed by atoms with Crippen LogP contribution in [0.15, 0.2) is 36.4 Å². The minimum atomic E-state index is -0.119. The van der Waals surface area contributed by atoms with Crippen LogP contribution in [-0.4, -0.2) is 12.7 Å². The Morgan fingerprint density at radius 2 is 1.86 bits per heavy atom. The summed E-state index contributed by atoms with van der Waals surface area (Å²) in [5.74, 6) is 1.18. The molecule has 0 atom stereocenters. The lowest BCUT2D eigenvalue weighted by atomic mass is 10.1. The summed E-state index contributed by atoms with van der Waals surface area (Å²) in [5, 5.41) is 2.92. The van der Waals surface area contributed by atoms with E-state index in [-0.39, 0.29) is 12.7 Å². The molecule has 1 aliphatic rings. The first-order chi connectivity index (χ1) is 10.1. The number of nitrogens with one attached hydrogen (secondary N) is 1. The first-order valence-corrected chi connectivity index (χ1v) is 6.87. The number of amides is 1. The fraction of sp³-hybridized carbons (Fsp3) is 0.235. The van der Waals surface area contributed by atoms with Crippen molar-refractivity contribution >= 4 is 5.91 Å². The summed E-state index contributed by atoms with van der Waals surface area (Å²) in [5.41, 5.74) is 4.14. The van der Waals surface area contributed by atoms with Crippen LogP contribution >= 0.6 is 0 Å². The molecule has 0 aliphatic carbocycles. The summed E-state index contributed by atoms with van der Waals surface area (Å²) in [6, 6.07) is 11.4. The van der Waals surface area contributed by atoms with Crippen molar-refractivity contribution in [2.45, 2.75) is 20.4 Å². The summed E-state index contributed by atoms with van der Waals surface area (Å²) >= 11 is 0. The van der Waals surface area contributed by atoms with Crippen LogP contribution in [0.2, 0.25) is 0 Å². The van der Waals surface area contributed by atoms with Gasteiger partial charge in [0.15, 0.2) is 11.5 Å². The highest BCUT2D eigenvalue weighted by Gasteiger charge is 2.16. The lowest BCUT2D eigenvalue weighted by Gasteiger charge is -2.08. The summed E-state index contributed by atoms with van der Waals surface area (Å²) in [4.78, 5) is 12.2. The Bertz CT molecular complexity index is 694. The Labute approximate surface area is 123 Å². The quantitative estimate of drug-likeness (QED) is 0.942. The van der Waals surface area contributed by atoms with Crippen molar-refractivity contribution in [1.82, 2.24) is 5.32 Å². The Morgan fingerprint density at radius 1 is 1.05 bits per heavy atom. The van der Waals surface area contributed by atoms with E-state index in [0.29, 0.717) is 23.6 Å². The van der Waals surface area contributed by atoms with Crippen molar-refractivity contribution in [3.05, 3.63) is 58.7 Å². The number of fused-ring (bicyclic) bond motifs is 1. The zero-order valence-electron chi connectivity index (χ0n) is 12.1. The van der Waals surface area contributed by atoms with E-state index in [1.54, 1.807) is 18.2 Å². The van der Waals surface area contributed by atoms with E-state index in [1.807, 2.05) is 6.07 Å². The Hall–Kier alpha value is -2.49. The standard InChI is InChI=1S/C17H17NO3/c1-11-3-4-13(7-12(11)2)9-18-17(19)14-5-6-15-16(8-14)21-10-20-15/h3-8H,9-10H2,1-2H3,(H,18,19). The molecule has 0 unspecified atom stereocenters. The van der Waals surface area contributed by atoms with Gasteiger partial charge in [-0.1, -0.05) is 18.2 Å². The predicted molar refractivity (Wildman–Crippen MR) is 79.7 cm³/mol. The summed E-state index contributed by atoms with van der Waals surface area (Å²) in [6.45, 7) is 4.86. The monoisotopic (exact) mass is 283 g/mol. The SMILES string of the molecule is Cc1ccc(CNC(=O)c2ccc3c(c2)OCO3)cc1C. The van der Waals surface area contributed by atoms with Gasteiger partial charge in [0.1, 0.15) is 0 Å². The number of carbonyl (C=O) groups excluding carboxylic acids is 1. The number of hydrogen-bond acceptors (Lipinski definition) is 3. The van der Waals surface area contributed by atoms with E-state index >= 15 is 0 Å². The minimum absolute atomic E-state index is 0.119. The van der Waals surface area contributed by atoms with Gasteiger partial charge in [0.2, 0.25) is 6.79 Å². The zero-order chi connectivity index (χ0) is 14.8. The van der Waals surface area contributed by atoms with Crippen LogP contribution in [0.25, 0.3) is 0 Å². The third-order valence-corrected chi connectivity index (χ3v) is 3.66. The molecule has 0 saturated carbocycles. The molecule has 1 amide bonds. The van der Waals surface area contributed by atoms with Gasteiger partial charge in [-0.15, -0.1) is 0 Å². The maximum Gasteiger partial charge on any atom is 0.251 e. The predicted octanol–water partition coefficient (Wildman–Crippen LogP) is 2.96. The van der Waals surface area contributed by atoms with Crippen molar-refractivity contribution in [2.24, 2.45) is 0 Å². The van der Waals surface area contributed by atoms with E-state index in [0.717, 1.165) is 5.56 Å². The highest BCUT2D eigenvalue weighted by molar-refractivity contribution is 5.94. The third kappa shape index (κ3) is 2.84. The molecule has 0 aromatic heterocycles. The second-order valence-electron chi connectivity index (χ2n) is 5.17. The van der Waals surface area contributed by atoms with Crippen molar-refractivity contribution in [3.63, 3.8) is 0 Å². The molecule has 1 aliphatic heterocycles. The topological polar surface area (TPSA) is 47.6 Å². The van der Waals surface area contributed by atoms with Crippen LogP contribution in [0.1, 0.15) is 27.0 Å². The minimum Gasteiger partial charge on any atom is -0.454 e. The first kappa shape index (κ1) is 13.5. The molecule has 4 nitrogen and oxygen atoms in total. The van der Waals surface area contributed by atoms with E-state index in [1.165, 1.54) is 11.1 Å². The van der Waals surface area contributed by atoms with Crippen molar-refractivity contribution in [3.8, 4) is 11.5 Å². The van der Waals surface area contributed by atoms with Crippen molar-refractivity contribution in [1.29, 1.82) is 0 Å². The molecule has 3 rings (SSSR count). The third-order valence-electron chi connectivity index (χ3n) is 3.66. The molecule has 0 spiro atoms. The van der Waals surface area contributed by atoms with Crippen LogP contribution in [0.5, 0.6) is 11.5 Å². The lowest BCUT2D eigenvalue weighted by molar-refractivity contribution is 0.0950. The summed E-state index contributed by atoms with van der Waals surface area (Å²) in [7, 11) is 0. The maximum atomic E-state index is 12.2. The average molecular weight is 283 g/mol. The van der Waals surface area contributed by atoms with E-state index in [9.17, 15) is 4.79 Å². The molecule has 4 heteroatoms. The van der Waals surface area contributed by atoms with Crippen LogP contribution < -0.4 is 14.8 Å². The van der Waals surface area contributed by atoms with Gasteiger partial charge in [-0.25, -0.2) is 0 Å². The number of carbonyl (C=O) groups is 1. The largest absolute Gasteiger partial charge is 0.454 e. The van der Waals surface area contributed by atoms with E-state index < -0.39 is 0 Å². The van der Waals surface area contributed by atoms with E-state index in [2.05, 4.69) is 31.3 Å². The Morgan fingerprint density at radius 3 is 2.67 bits per heavy atom. The van der Waals surface area contributed by atoms with Crippen molar-refractivity contribution in [2.75, 3.05) is 6.79 Å². The summed E-state index contributed by atoms with van der Waals surface area (Å²) in [6.07, 6.45) is 0. The van der Waals surface area contributed by atoms with Crippen molar-refractivity contribution < 1.29 is 14.3 Å². The Balaban J connectivity index is 1.67. The van der Waals surface area contributed by atoms with Crippen LogP contribution in [0.3, 0.4) is 0 Å². The molecule has 1 N–H and O–H groups in total.